The SMILES string of the molecule is CC1(C)c2ccccc2-c2c1ccc1c2c2cc(-c3ccc4c(c3)c3ccccc3n4-c3ccc(-c4ccccc4)cc3)ccc2n1-c1cccc2ccccc12.CC1(C)c2ccccc2-c2ccc3c(c21)c1cc(-c2ccc4c(c2)c2ccccc2n4-c2ccc(-c4ccccc4)cc2)ccc1n3-c1cccc2ccccc12. The Labute approximate surface area is 661 Å². The summed E-state index contributed by atoms with van der Waals surface area (Å²) in [5.41, 5.74) is 35.0. The zero-order valence-corrected chi connectivity index (χ0v) is 63.7. The normalized spacial score (nSPS) is 13.2. The van der Waals surface area contributed by atoms with Crippen LogP contribution in [0.3, 0.4) is 0 Å². The van der Waals surface area contributed by atoms with E-state index in [9.17, 15) is 0 Å². The lowest BCUT2D eigenvalue weighted by Crippen LogP contribution is -2.15. The van der Waals surface area contributed by atoms with Crippen molar-refractivity contribution < 1.29 is 0 Å². The van der Waals surface area contributed by atoms with E-state index in [1.54, 1.807) is 0 Å². The first-order valence-electron chi connectivity index (χ1n) is 39.9. The second kappa shape index (κ2) is 25.1. The number of nitrogens with zero attached hydrogens (tertiary/aromatic N) is 4. The van der Waals surface area contributed by atoms with Crippen molar-refractivity contribution in [3.05, 3.63) is 411 Å². The first-order chi connectivity index (χ1) is 56.1. The maximum atomic E-state index is 2.51. The molecule has 18 aromatic carbocycles. The second-order valence-corrected chi connectivity index (χ2v) is 32.2. The molecule has 4 heteroatoms. The molecule has 4 nitrogen and oxygen atoms in total. The van der Waals surface area contributed by atoms with Gasteiger partial charge in [0.25, 0.3) is 0 Å². The van der Waals surface area contributed by atoms with Crippen molar-refractivity contribution in [1.82, 2.24) is 18.3 Å². The fourth-order valence-corrected chi connectivity index (χ4v) is 20.1. The summed E-state index contributed by atoms with van der Waals surface area (Å²) in [5, 5.41) is 15.2. The highest BCUT2D eigenvalue weighted by Crippen LogP contribution is 2.56. The van der Waals surface area contributed by atoms with Crippen molar-refractivity contribution in [1.29, 1.82) is 0 Å². The molecule has 0 N–H and O–H groups in total. The molecule has 2 aliphatic carbocycles. The molecule has 536 valence electrons. The molecule has 0 atom stereocenters. The Balaban J connectivity index is 0.000000135. The van der Waals surface area contributed by atoms with E-state index in [-0.39, 0.29) is 10.8 Å². The van der Waals surface area contributed by atoms with Gasteiger partial charge in [-0.25, -0.2) is 0 Å². The predicted octanol–water partition coefficient (Wildman–Crippen LogP) is 29.3. The molecule has 24 rings (SSSR count). The number of hydrogen-bond donors (Lipinski definition) is 0. The number of para-hydroxylation sites is 2. The molecular formula is C110H76N4. The molecule has 0 saturated heterocycles. The third-order valence-corrected chi connectivity index (χ3v) is 25.4. The van der Waals surface area contributed by atoms with Gasteiger partial charge in [0.15, 0.2) is 0 Å². The van der Waals surface area contributed by atoms with Crippen LogP contribution in [0.25, 0.3) is 198 Å². The Morgan fingerprint density at radius 1 is 0.193 bits per heavy atom. The maximum Gasteiger partial charge on any atom is 0.0547 e. The summed E-state index contributed by atoms with van der Waals surface area (Å²) in [4.78, 5) is 0. The highest BCUT2D eigenvalue weighted by Gasteiger charge is 2.40. The van der Waals surface area contributed by atoms with E-state index in [2.05, 4.69) is 434 Å². The quantitative estimate of drug-likeness (QED) is 0.144. The van der Waals surface area contributed by atoms with Crippen LogP contribution in [0.2, 0.25) is 0 Å². The first kappa shape index (κ1) is 65.6. The minimum Gasteiger partial charge on any atom is -0.309 e. The Morgan fingerprint density at radius 3 is 1.05 bits per heavy atom. The fraction of sp³-hybridized carbons (Fsp3) is 0.0545. The van der Waals surface area contributed by atoms with Gasteiger partial charge in [0.1, 0.15) is 0 Å². The maximum absolute atomic E-state index is 2.51. The van der Waals surface area contributed by atoms with Crippen LogP contribution in [0.1, 0.15) is 49.9 Å². The van der Waals surface area contributed by atoms with E-state index in [4.69, 9.17) is 0 Å². The van der Waals surface area contributed by atoms with Gasteiger partial charge in [-0.15, -0.1) is 0 Å². The summed E-state index contributed by atoms with van der Waals surface area (Å²) in [6.45, 7) is 9.56. The highest BCUT2D eigenvalue weighted by molar-refractivity contribution is 6.21. The van der Waals surface area contributed by atoms with E-state index >= 15 is 0 Å². The highest BCUT2D eigenvalue weighted by atomic mass is 15.0. The van der Waals surface area contributed by atoms with Crippen molar-refractivity contribution in [2.45, 2.75) is 38.5 Å². The van der Waals surface area contributed by atoms with Crippen LogP contribution >= 0.6 is 0 Å². The van der Waals surface area contributed by atoms with Crippen LogP contribution in [0.15, 0.2) is 388 Å². The smallest absolute Gasteiger partial charge is 0.0547 e. The monoisotopic (exact) mass is 1450 g/mol. The van der Waals surface area contributed by atoms with Crippen LogP contribution < -0.4 is 0 Å². The number of aromatic nitrogens is 4. The largest absolute Gasteiger partial charge is 0.309 e. The van der Waals surface area contributed by atoms with E-state index in [1.165, 1.54) is 209 Å². The van der Waals surface area contributed by atoms with Crippen LogP contribution in [0.4, 0.5) is 0 Å². The Morgan fingerprint density at radius 2 is 0.544 bits per heavy atom. The molecule has 4 aromatic heterocycles. The molecule has 0 radical (unpaired) electrons. The minimum absolute atomic E-state index is 0.0906. The third kappa shape index (κ3) is 9.77. The number of benzene rings is 18. The van der Waals surface area contributed by atoms with Crippen molar-refractivity contribution in [3.8, 4) is 89.5 Å². The zero-order valence-electron chi connectivity index (χ0n) is 63.7. The van der Waals surface area contributed by atoms with Crippen molar-refractivity contribution >= 4 is 109 Å². The summed E-state index contributed by atoms with van der Waals surface area (Å²) < 4.78 is 9.83. The van der Waals surface area contributed by atoms with Crippen LogP contribution in [-0.2, 0) is 10.8 Å². The van der Waals surface area contributed by atoms with Crippen molar-refractivity contribution in [3.63, 3.8) is 0 Å². The molecular weight excluding hydrogens is 1380 g/mol. The average molecular weight is 1450 g/mol. The van der Waals surface area contributed by atoms with Crippen molar-refractivity contribution in [2.24, 2.45) is 0 Å². The molecule has 0 saturated carbocycles. The zero-order chi connectivity index (χ0) is 75.7. The topological polar surface area (TPSA) is 19.7 Å². The summed E-state index contributed by atoms with van der Waals surface area (Å²) >= 11 is 0. The fourth-order valence-electron chi connectivity index (χ4n) is 20.1. The molecule has 114 heavy (non-hydrogen) atoms. The summed E-state index contributed by atoms with van der Waals surface area (Å²) in [6, 6.07) is 144. The number of hydrogen-bond acceptors (Lipinski definition) is 0. The molecule has 2 aliphatic rings. The second-order valence-electron chi connectivity index (χ2n) is 32.2. The van der Waals surface area contributed by atoms with E-state index in [1.807, 2.05) is 0 Å². The average Bonchev–Trinajstić information content (AvgIpc) is 1.54. The van der Waals surface area contributed by atoms with Gasteiger partial charge in [0.2, 0.25) is 0 Å². The van der Waals surface area contributed by atoms with Crippen LogP contribution in [-0.4, -0.2) is 18.3 Å². The molecule has 0 aliphatic heterocycles. The van der Waals surface area contributed by atoms with Crippen molar-refractivity contribution in [2.75, 3.05) is 0 Å². The third-order valence-electron chi connectivity index (χ3n) is 25.4. The lowest BCUT2D eigenvalue weighted by atomic mass is 9.80. The van der Waals surface area contributed by atoms with Gasteiger partial charge < -0.3 is 18.3 Å². The Bertz CT molecular complexity index is 7740. The van der Waals surface area contributed by atoms with Crippen LogP contribution in [0.5, 0.6) is 0 Å². The Hall–Kier alpha value is -14.3. The van der Waals surface area contributed by atoms with Gasteiger partial charge in [0, 0.05) is 76.1 Å². The minimum atomic E-state index is -0.153. The molecule has 0 bridgehead atoms. The van der Waals surface area contributed by atoms with Gasteiger partial charge in [-0.05, 0) is 209 Å². The van der Waals surface area contributed by atoms with E-state index < -0.39 is 0 Å². The number of rotatable bonds is 8. The van der Waals surface area contributed by atoms with Gasteiger partial charge in [-0.1, -0.05) is 307 Å². The summed E-state index contributed by atoms with van der Waals surface area (Å²) in [6.07, 6.45) is 0. The molecule has 22 aromatic rings. The lowest BCUT2D eigenvalue weighted by molar-refractivity contribution is 0.661. The van der Waals surface area contributed by atoms with E-state index in [0.29, 0.717) is 0 Å². The van der Waals surface area contributed by atoms with Gasteiger partial charge in [-0.3, -0.25) is 0 Å². The molecule has 0 spiro atoms. The standard InChI is InChI=1S/2C55H38N2/c1-55(2)46-20-10-8-19-43(46)53-47(55)29-32-52-54(53)45-34-39(26-31-51(45)57(52)48-22-12-16-37-15-6-7-17-41(37)48)38-25-30-50-44(33-38)42-18-9-11-21-49(42)56(50)40-27-23-36(24-28-40)35-13-4-3-5-14-35;1-55(2)47-20-10-8-18-42(47)44-29-32-52-53(54(44)55)46-34-39(26-31-51(46)57(52)48-22-12-16-37-15-6-7-17-41(37)48)38-25-30-50-45(33-38)43-19-9-11-21-49(43)56(50)40-27-23-36(24-28-40)35-13-4-3-5-14-35/h2*3-34H,1-2H3. The predicted molar refractivity (Wildman–Crippen MR) is 482 cm³/mol. The summed E-state index contributed by atoms with van der Waals surface area (Å²) in [7, 11) is 0. The lowest BCUT2D eigenvalue weighted by Gasteiger charge is -2.22. The van der Waals surface area contributed by atoms with Gasteiger partial charge >= 0.3 is 0 Å². The molecule has 0 fully saturated rings. The first-order valence-corrected chi connectivity index (χ1v) is 39.9. The molecule has 4 heterocycles. The van der Waals surface area contributed by atoms with Gasteiger partial charge in [-0.2, -0.15) is 0 Å². The van der Waals surface area contributed by atoms with E-state index in [0.717, 1.165) is 11.4 Å². The summed E-state index contributed by atoms with van der Waals surface area (Å²) in [5.74, 6) is 0. The van der Waals surface area contributed by atoms with Crippen LogP contribution in [0, 0.1) is 0 Å². The molecule has 0 unspecified atom stereocenters. The van der Waals surface area contributed by atoms with Gasteiger partial charge in [0.05, 0.1) is 55.5 Å². The number of fused-ring (bicyclic) bond motifs is 22. The Kier molecular flexibility index (Phi) is 14.4. The molecule has 0 amide bonds.